The van der Waals surface area contributed by atoms with E-state index in [-0.39, 0.29) is 46.1 Å². The fourth-order valence-corrected chi connectivity index (χ4v) is 14.7. The van der Waals surface area contributed by atoms with Gasteiger partial charge in [-0.15, -0.1) is 0 Å². The number of aromatic nitrogens is 7. The molecule has 0 fully saturated rings. The lowest BCUT2D eigenvalue weighted by molar-refractivity contribution is 0.668. The summed E-state index contributed by atoms with van der Waals surface area (Å²) in [5, 5.41) is 9.22. The fourth-order valence-electron chi connectivity index (χ4n) is 14.5. The molecule has 11 nitrogen and oxygen atoms in total. The molecule has 0 unspecified atom stereocenters. The summed E-state index contributed by atoms with van der Waals surface area (Å²) in [7, 11) is 0. The molecule has 12 heteroatoms. The number of hydrogen-bond acceptors (Lipinski definition) is 10. The molecule has 0 saturated carbocycles. The van der Waals surface area contributed by atoms with Crippen molar-refractivity contribution in [1.82, 2.24) is 34.5 Å². The molecule has 22 rings (SSSR count). The van der Waals surface area contributed by atoms with Crippen LogP contribution < -0.4 is 0 Å². The molecule has 7 aromatic heterocycles. The average molecular weight is 1350 g/mol. The van der Waals surface area contributed by atoms with Crippen LogP contribution in [0.5, 0.6) is 0 Å². The number of furan rings is 4. The van der Waals surface area contributed by atoms with E-state index in [1.807, 2.05) is 146 Å². The molecule has 0 radical (unpaired) electrons. The van der Waals surface area contributed by atoms with Gasteiger partial charge in [-0.1, -0.05) is 242 Å². The summed E-state index contributed by atoms with van der Waals surface area (Å²) >= 11 is 6.37. The largest absolute Gasteiger partial charge is 0.456 e. The van der Waals surface area contributed by atoms with Crippen LogP contribution in [0.15, 0.2) is 333 Å². The number of hydrogen-bond donors (Lipinski definition) is 0. The summed E-state index contributed by atoms with van der Waals surface area (Å²) in [5.74, 6) is 0.867. The number of fused-ring (bicyclic) bond motifs is 18. The normalized spacial score (nSPS) is 13.3. The summed E-state index contributed by atoms with van der Waals surface area (Å²) < 4.78 is 112. The molecule has 0 saturated heterocycles. The zero-order valence-electron chi connectivity index (χ0n) is 64.1. The topological polar surface area (TPSA) is 135 Å². The van der Waals surface area contributed by atoms with Crippen molar-refractivity contribution < 1.29 is 31.4 Å². The van der Waals surface area contributed by atoms with E-state index in [0.717, 1.165) is 77.0 Å². The van der Waals surface area contributed by atoms with Gasteiger partial charge >= 0.3 is 0 Å². The molecule has 0 spiro atoms. The van der Waals surface area contributed by atoms with Gasteiger partial charge in [0.1, 0.15) is 44.7 Å². The Labute approximate surface area is 606 Å². The fraction of sp³-hybridized carbons (Fsp3) is 0.0110. The maximum Gasteiger partial charge on any atom is 0.164 e. The van der Waals surface area contributed by atoms with Crippen molar-refractivity contribution in [3.8, 4) is 85.1 Å². The summed E-state index contributed by atoms with van der Waals surface area (Å²) in [4.78, 5) is 29.2. The van der Waals surface area contributed by atoms with Crippen LogP contribution >= 0.6 is 11.6 Å². The molecule has 14 aromatic carbocycles. The predicted octanol–water partition coefficient (Wildman–Crippen LogP) is 24.4. The minimum Gasteiger partial charge on any atom is -0.456 e. The Morgan fingerprint density at radius 3 is 1.06 bits per heavy atom. The first-order chi connectivity index (χ1) is 55.1. The second kappa shape index (κ2) is 24.4. The SMILES string of the molecule is [2H]c1c([2H])c([2H])c(-c2nc(-c3cccc4oc5ccccc5c34)nc(-c3cccc4oc5ccc(-n6c7ccccc7c7ccccc76)cc5c34)n2)c([2H])c1[2H].[2H]c1c([2H])c([2H])c(-c2nc(-c3cccc4oc5ccccc5c34)nc(-c3cccc4oc5ccc(Cl)cc5c34)n2)c([2H])c1[2H].c1ccc2c(c1)Cc1ccccc1-2. The Hall–Kier alpha value is -13.6. The Morgan fingerprint density at radius 1 is 0.282 bits per heavy atom. The monoisotopic (exact) mass is 1350 g/mol. The van der Waals surface area contributed by atoms with Crippen molar-refractivity contribution in [2.24, 2.45) is 0 Å². The minimum atomic E-state index is -0.501. The third-order valence-electron chi connectivity index (χ3n) is 19.0. The van der Waals surface area contributed by atoms with Crippen molar-refractivity contribution >= 4 is 121 Å². The molecule has 0 aliphatic heterocycles. The standard InChI is InChI=1S/C45H26N4O2.C33H18ClN3O2.C13H10/c1-2-12-27(13-3-1)43-46-44(32-17-10-22-39-41(32)31-16-6-9-21-37(31)50-39)48-45(47-43)33-18-11-23-40-42(33)34-26-28(24-25-38(34)51-40)49-35-19-7-4-14-29(35)30-15-5-8-20-36(30)49;34-20-16-17-26-24(18-20)30-23(12-7-15-28(30)39-26)33-36-31(19-8-2-1-3-9-19)35-32(37-33)22-11-6-14-27-29(22)21-10-4-5-13-25(21)38-27;1-3-7-12-10(5-1)9-11-6-2-4-8-13(11)12/h1-26H;1-18H;1-8H,9H2/i1D,2D,3D,12D,13D;1D,2D,3D,8D,9D;. The van der Waals surface area contributed by atoms with Crippen LogP contribution in [0.3, 0.4) is 0 Å². The maximum absolute atomic E-state index is 8.85. The molecule has 103 heavy (non-hydrogen) atoms. The summed E-state index contributed by atoms with van der Waals surface area (Å²) in [6.07, 6.45) is 1.10. The van der Waals surface area contributed by atoms with Gasteiger partial charge in [0.25, 0.3) is 0 Å². The summed E-state index contributed by atoms with van der Waals surface area (Å²) in [6, 6.07) is 78.6. The second-order valence-electron chi connectivity index (χ2n) is 24.9. The van der Waals surface area contributed by atoms with E-state index in [9.17, 15) is 0 Å². The number of rotatable bonds is 7. The van der Waals surface area contributed by atoms with Crippen LogP contribution in [0.25, 0.3) is 195 Å². The Morgan fingerprint density at radius 2 is 0.612 bits per heavy atom. The summed E-state index contributed by atoms with van der Waals surface area (Å²) in [6.45, 7) is 0. The minimum absolute atomic E-state index is 0.0532. The highest BCUT2D eigenvalue weighted by Gasteiger charge is 2.25. The molecule has 0 bridgehead atoms. The van der Waals surface area contributed by atoms with Crippen molar-refractivity contribution in [2.45, 2.75) is 6.42 Å². The van der Waals surface area contributed by atoms with E-state index in [0.29, 0.717) is 71.9 Å². The van der Waals surface area contributed by atoms with Gasteiger partial charge in [-0.2, -0.15) is 0 Å². The van der Waals surface area contributed by atoms with E-state index >= 15 is 0 Å². The highest BCUT2D eigenvalue weighted by atomic mass is 35.5. The smallest absolute Gasteiger partial charge is 0.164 e. The molecule has 0 N–H and O–H groups in total. The van der Waals surface area contributed by atoms with Gasteiger partial charge in [-0.3, -0.25) is 0 Å². The molecule has 0 amide bonds. The highest BCUT2D eigenvalue weighted by Crippen LogP contribution is 2.44. The maximum atomic E-state index is 8.85. The molecule has 7 heterocycles. The quantitative estimate of drug-likeness (QED) is 0.152. The lowest BCUT2D eigenvalue weighted by Gasteiger charge is -2.10. The molecule has 21 aromatic rings. The van der Waals surface area contributed by atoms with Crippen molar-refractivity contribution in [2.75, 3.05) is 0 Å². The number of para-hydroxylation sites is 4. The first-order valence-corrected chi connectivity index (χ1v) is 33.7. The molecular formula is C91H54ClN7O4. The number of halogens is 1. The van der Waals surface area contributed by atoms with Gasteiger partial charge in [-0.25, -0.2) is 29.9 Å². The lowest BCUT2D eigenvalue weighted by atomic mass is 10.0. The Kier molecular flexibility index (Phi) is 11.8. The molecule has 1 aliphatic carbocycles. The third kappa shape index (κ3) is 10.2. The van der Waals surface area contributed by atoms with Crippen molar-refractivity contribution in [3.05, 3.63) is 331 Å². The van der Waals surface area contributed by atoms with Crippen LogP contribution in [0.1, 0.15) is 24.8 Å². The van der Waals surface area contributed by atoms with Gasteiger partial charge in [0.15, 0.2) is 34.9 Å². The van der Waals surface area contributed by atoms with E-state index in [1.165, 1.54) is 22.3 Å². The van der Waals surface area contributed by atoms with E-state index in [1.54, 1.807) is 12.1 Å². The molecular weight excluding hydrogens is 1290 g/mol. The number of benzene rings is 14. The first kappa shape index (κ1) is 49.8. The van der Waals surface area contributed by atoms with Gasteiger partial charge in [0, 0.05) is 98.0 Å². The average Bonchev–Trinajstić information content (AvgIpc) is 1.62. The van der Waals surface area contributed by atoms with Crippen LogP contribution in [-0.2, 0) is 6.42 Å². The Balaban J connectivity index is 0.000000129. The molecule has 484 valence electrons. The van der Waals surface area contributed by atoms with Crippen molar-refractivity contribution in [3.63, 3.8) is 0 Å². The Bertz CT molecular complexity index is 7470. The van der Waals surface area contributed by atoms with E-state index in [4.69, 9.17) is 72.9 Å². The van der Waals surface area contributed by atoms with Crippen LogP contribution in [0.2, 0.25) is 5.02 Å². The number of nitrogens with zero attached hydrogens (tertiary/aromatic N) is 7. The zero-order chi connectivity index (χ0) is 76.8. The predicted molar refractivity (Wildman–Crippen MR) is 415 cm³/mol. The van der Waals surface area contributed by atoms with Crippen molar-refractivity contribution in [1.29, 1.82) is 0 Å². The molecule has 1 aliphatic rings. The van der Waals surface area contributed by atoms with Crippen LogP contribution in [0.4, 0.5) is 0 Å². The van der Waals surface area contributed by atoms with Gasteiger partial charge in [0.2, 0.25) is 0 Å². The van der Waals surface area contributed by atoms with Gasteiger partial charge < -0.3 is 22.2 Å². The third-order valence-corrected chi connectivity index (χ3v) is 19.2. The lowest BCUT2D eigenvalue weighted by Crippen LogP contribution is -2.00. The summed E-state index contributed by atoms with van der Waals surface area (Å²) in [5.41, 5.74) is 16.3. The molecule has 0 atom stereocenters. The van der Waals surface area contributed by atoms with E-state index in [2.05, 4.69) is 102 Å². The zero-order valence-corrected chi connectivity index (χ0v) is 54.9. The van der Waals surface area contributed by atoms with Gasteiger partial charge in [0.05, 0.1) is 24.7 Å². The van der Waals surface area contributed by atoms with E-state index < -0.39 is 60.4 Å². The van der Waals surface area contributed by atoms with Crippen LogP contribution in [-0.4, -0.2) is 34.5 Å². The van der Waals surface area contributed by atoms with Crippen LogP contribution in [0, 0.1) is 0 Å². The second-order valence-corrected chi connectivity index (χ2v) is 25.3. The highest BCUT2D eigenvalue weighted by molar-refractivity contribution is 6.32. The first-order valence-electron chi connectivity index (χ1n) is 38.3. The van der Waals surface area contributed by atoms with Gasteiger partial charge in [-0.05, 0) is 114 Å².